The molecular formula is C11H19NO2. The van der Waals surface area contributed by atoms with Crippen LogP contribution in [0.3, 0.4) is 0 Å². The number of nitrogens with zero attached hydrogens (tertiary/aromatic N) is 1. The van der Waals surface area contributed by atoms with Gasteiger partial charge in [-0.15, -0.1) is 0 Å². The number of carbonyl (C=O) groups excluding carboxylic acids is 1. The number of aliphatic hydroxyl groups excluding tert-OH is 1. The molecule has 2 fully saturated rings. The molecule has 3 nitrogen and oxygen atoms in total. The largest absolute Gasteiger partial charge is 0.378 e. The second-order valence-corrected chi connectivity index (χ2v) is 4.57. The van der Waals surface area contributed by atoms with Gasteiger partial charge in [-0.1, -0.05) is 0 Å². The van der Waals surface area contributed by atoms with Crippen molar-refractivity contribution in [3.05, 3.63) is 0 Å². The van der Waals surface area contributed by atoms with Gasteiger partial charge in [0.15, 0.2) is 0 Å². The van der Waals surface area contributed by atoms with Crippen molar-refractivity contribution >= 4 is 6.29 Å². The van der Waals surface area contributed by atoms with E-state index in [1.54, 1.807) is 0 Å². The second-order valence-electron chi connectivity index (χ2n) is 4.57. The smallest absolute Gasteiger partial charge is 0.123 e. The minimum Gasteiger partial charge on any atom is -0.378 e. The SMILES string of the molecule is O=CC1CCC(N2CCCC2O)CC1. The Hall–Kier alpha value is -0.410. The summed E-state index contributed by atoms with van der Waals surface area (Å²) in [6, 6.07) is 0.531. The van der Waals surface area contributed by atoms with Gasteiger partial charge in [0.2, 0.25) is 0 Å². The molecule has 1 saturated heterocycles. The Morgan fingerprint density at radius 2 is 1.86 bits per heavy atom. The fourth-order valence-corrected chi connectivity index (χ4v) is 2.77. The summed E-state index contributed by atoms with van der Waals surface area (Å²) in [5.41, 5.74) is 0. The summed E-state index contributed by atoms with van der Waals surface area (Å²) >= 11 is 0. The van der Waals surface area contributed by atoms with Crippen LogP contribution in [0.2, 0.25) is 0 Å². The van der Waals surface area contributed by atoms with Crippen molar-refractivity contribution in [3.8, 4) is 0 Å². The van der Waals surface area contributed by atoms with Gasteiger partial charge in [0.05, 0.1) is 0 Å². The number of hydrogen-bond acceptors (Lipinski definition) is 3. The lowest BCUT2D eigenvalue weighted by atomic mass is 9.86. The highest BCUT2D eigenvalue weighted by atomic mass is 16.3. The summed E-state index contributed by atoms with van der Waals surface area (Å²) in [4.78, 5) is 12.8. The van der Waals surface area contributed by atoms with Crippen LogP contribution in [-0.2, 0) is 4.79 Å². The monoisotopic (exact) mass is 197 g/mol. The Morgan fingerprint density at radius 3 is 2.36 bits per heavy atom. The average molecular weight is 197 g/mol. The maximum Gasteiger partial charge on any atom is 0.123 e. The van der Waals surface area contributed by atoms with Gasteiger partial charge in [-0.25, -0.2) is 0 Å². The van der Waals surface area contributed by atoms with E-state index in [-0.39, 0.29) is 12.1 Å². The molecule has 1 saturated carbocycles. The predicted octanol–water partition coefficient (Wildman–Crippen LogP) is 1.16. The molecule has 0 radical (unpaired) electrons. The van der Waals surface area contributed by atoms with E-state index in [2.05, 4.69) is 4.90 Å². The molecule has 1 unspecified atom stereocenters. The molecule has 14 heavy (non-hydrogen) atoms. The van der Waals surface area contributed by atoms with Crippen LogP contribution in [0.1, 0.15) is 38.5 Å². The van der Waals surface area contributed by atoms with E-state index >= 15 is 0 Å². The first-order chi connectivity index (χ1) is 6.81. The number of likely N-dealkylation sites (tertiary alicyclic amines) is 1. The summed E-state index contributed by atoms with van der Waals surface area (Å²) in [7, 11) is 0. The second kappa shape index (κ2) is 4.41. The van der Waals surface area contributed by atoms with E-state index in [1.807, 2.05) is 0 Å². The zero-order valence-corrected chi connectivity index (χ0v) is 8.56. The van der Waals surface area contributed by atoms with Crippen LogP contribution in [0, 0.1) is 5.92 Å². The molecule has 0 bridgehead atoms. The molecule has 0 aromatic carbocycles. The molecule has 1 aliphatic heterocycles. The van der Waals surface area contributed by atoms with Gasteiger partial charge in [-0.3, -0.25) is 4.90 Å². The van der Waals surface area contributed by atoms with E-state index in [4.69, 9.17) is 0 Å². The van der Waals surface area contributed by atoms with Gasteiger partial charge in [-0.2, -0.15) is 0 Å². The molecular weight excluding hydrogens is 178 g/mol. The summed E-state index contributed by atoms with van der Waals surface area (Å²) in [5.74, 6) is 0.283. The lowest BCUT2D eigenvalue weighted by molar-refractivity contribution is -0.112. The molecule has 0 spiro atoms. The molecule has 3 heteroatoms. The Balaban J connectivity index is 1.85. The molecule has 2 rings (SSSR count). The van der Waals surface area contributed by atoms with Crippen LogP contribution in [0.5, 0.6) is 0 Å². The fourth-order valence-electron chi connectivity index (χ4n) is 2.77. The molecule has 0 aromatic rings. The highest BCUT2D eigenvalue weighted by Crippen LogP contribution is 2.30. The Bertz CT molecular complexity index is 199. The Labute approximate surface area is 85.1 Å². The lowest BCUT2D eigenvalue weighted by Gasteiger charge is -2.34. The van der Waals surface area contributed by atoms with Crippen molar-refractivity contribution in [2.45, 2.75) is 50.8 Å². The van der Waals surface area contributed by atoms with E-state index in [0.29, 0.717) is 6.04 Å². The van der Waals surface area contributed by atoms with Crippen LogP contribution in [0.15, 0.2) is 0 Å². The minimum absolute atomic E-state index is 0.215. The van der Waals surface area contributed by atoms with Gasteiger partial charge in [0.1, 0.15) is 12.5 Å². The minimum atomic E-state index is -0.215. The fraction of sp³-hybridized carbons (Fsp3) is 0.909. The topological polar surface area (TPSA) is 40.5 Å². The van der Waals surface area contributed by atoms with E-state index in [9.17, 15) is 9.90 Å². The third-order valence-corrected chi connectivity index (χ3v) is 3.66. The molecule has 80 valence electrons. The first kappa shape index (κ1) is 10.1. The van der Waals surface area contributed by atoms with Crippen molar-refractivity contribution < 1.29 is 9.90 Å². The number of aldehydes is 1. The molecule has 1 N–H and O–H groups in total. The molecule has 1 aliphatic carbocycles. The zero-order chi connectivity index (χ0) is 9.97. The van der Waals surface area contributed by atoms with Gasteiger partial charge < -0.3 is 9.90 Å². The summed E-state index contributed by atoms with van der Waals surface area (Å²) in [5, 5.41) is 9.72. The third-order valence-electron chi connectivity index (χ3n) is 3.66. The van der Waals surface area contributed by atoms with E-state index in [0.717, 1.165) is 51.4 Å². The Morgan fingerprint density at radius 1 is 1.14 bits per heavy atom. The molecule has 1 atom stereocenters. The van der Waals surface area contributed by atoms with Crippen LogP contribution in [-0.4, -0.2) is 35.1 Å². The van der Waals surface area contributed by atoms with Gasteiger partial charge in [0.25, 0.3) is 0 Å². The quantitative estimate of drug-likeness (QED) is 0.675. The normalized spacial score (nSPS) is 39.9. The summed E-state index contributed by atoms with van der Waals surface area (Å²) in [6.07, 6.45) is 7.11. The van der Waals surface area contributed by atoms with Crippen LogP contribution >= 0.6 is 0 Å². The summed E-state index contributed by atoms with van der Waals surface area (Å²) in [6.45, 7) is 1.04. The molecule has 0 amide bonds. The standard InChI is InChI=1S/C11H19NO2/c13-8-9-3-5-10(6-4-9)12-7-1-2-11(12)14/h8-11,14H,1-7H2. The van der Waals surface area contributed by atoms with Crippen molar-refractivity contribution in [3.63, 3.8) is 0 Å². The van der Waals surface area contributed by atoms with E-state index in [1.165, 1.54) is 0 Å². The van der Waals surface area contributed by atoms with Crippen molar-refractivity contribution in [1.29, 1.82) is 0 Å². The number of hydrogen-bond donors (Lipinski definition) is 1. The predicted molar refractivity (Wildman–Crippen MR) is 53.8 cm³/mol. The van der Waals surface area contributed by atoms with Gasteiger partial charge in [0, 0.05) is 18.5 Å². The van der Waals surface area contributed by atoms with Gasteiger partial charge in [-0.05, 0) is 38.5 Å². The van der Waals surface area contributed by atoms with Crippen LogP contribution in [0.25, 0.3) is 0 Å². The van der Waals surface area contributed by atoms with Crippen molar-refractivity contribution in [2.24, 2.45) is 5.92 Å². The highest BCUT2D eigenvalue weighted by molar-refractivity contribution is 5.53. The first-order valence-corrected chi connectivity index (χ1v) is 5.70. The number of carbonyl (C=O) groups is 1. The lowest BCUT2D eigenvalue weighted by Crippen LogP contribution is -2.41. The molecule has 0 aromatic heterocycles. The van der Waals surface area contributed by atoms with Crippen LogP contribution in [0.4, 0.5) is 0 Å². The zero-order valence-electron chi connectivity index (χ0n) is 8.56. The van der Waals surface area contributed by atoms with Crippen molar-refractivity contribution in [1.82, 2.24) is 4.90 Å². The maximum atomic E-state index is 10.6. The summed E-state index contributed by atoms with van der Waals surface area (Å²) < 4.78 is 0. The van der Waals surface area contributed by atoms with E-state index < -0.39 is 0 Å². The molecule has 1 heterocycles. The number of rotatable bonds is 2. The average Bonchev–Trinajstić information content (AvgIpc) is 2.65. The van der Waals surface area contributed by atoms with Crippen LogP contribution < -0.4 is 0 Å². The van der Waals surface area contributed by atoms with Gasteiger partial charge >= 0.3 is 0 Å². The Kier molecular flexibility index (Phi) is 3.19. The first-order valence-electron chi connectivity index (χ1n) is 5.70. The number of aliphatic hydroxyl groups is 1. The third kappa shape index (κ3) is 1.98. The molecule has 2 aliphatic rings. The maximum absolute atomic E-state index is 10.6. The highest BCUT2D eigenvalue weighted by Gasteiger charge is 2.31. The van der Waals surface area contributed by atoms with Crippen molar-refractivity contribution in [2.75, 3.05) is 6.54 Å².